The minimum atomic E-state index is -0.191. The molecule has 1 unspecified atom stereocenters. The number of pyridine rings is 1. The van der Waals surface area contributed by atoms with Crippen LogP contribution in [0, 0.1) is 0 Å². The number of rotatable bonds is 3. The molecular formula is C9H10NOS-. The van der Waals surface area contributed by atoms with Gasteiger partial charge in [-0.25, -0.2) is 0 Å². The molecule has 1 aromatic heterocycles. The van der Waals surface area contributed by atoms with E-state index in [1.54, 1.807) is 12.4 Å². The fourth-order valence-corrected chi connectivity index (χ4v) is 1.44. The van der Waals surface area contributed by atoms with Crippen molar-refractivity contribution in [1.82, 2.24) is 4.98 Å². The van der Waals surface area contributed by atoms with Gasteiger partial charge in [-0.2, -0.15) is 0 Å². The minimum absolute atomic E-state index is 0.136. The maximum atomic E-state index is 11.0. The molecule has 1 rings (SSSR count). The maximum absolute atomic E-state index is 11.0. The molecule has 0 aromatic carbocycles. The number of hydrogen-bond acceptors (Lipinski definition) is 3. The summed E-state index contributed by atoms with van der Waals surface area (Å²) in [6.45, 7) is 1.95. The van der Waals surface area contributed by atoms with E-state index < -0.39 is 0 Å². The van der Waals surface area contributed by atoms with Crippen LogP contribution in [0.2, 0.25) is 0 Å². The quantitative estimate of drug-likeness (QED) is 0.662. The summed E-state index contributed by atoms with van der Waals surface area (Å²) < 4.78 is 0. The van der Waals surface area contributed by atoms with Crippen LogP contribution in [0.3, 0.4) is 0 Å². The van der Waals surface area contributed by atoms with Crippen molar-refractivity contribution in [2.24, 2.45) is 0 Å². The Morgan fingerprint density at radius 1 is 1.58 bits per heavy atom. The van der Waals surface area contributed by atoms with Gasteiger partial charge in [-0.15, -0.1) is 0 Å². The molecule has 0 radical (unpaired) electrons. The lowest BCUT2D eigenvalue weighted by atomic mass is 9.99. The second-order valence-electron chi connectivity index (χ2n) is 2.56. The van der Waals surface area contributed by atoms with E-state index in [1.165, 1.54) is 0 Å². The summed E-state index contributed by atoms with van der Waals surface area (Å²) in [5, 5.41) is -0.191. The topological polar surface area (TPSA) is 30.0 Å². The highest BCUT2D eigenvalue weighted by atomic mass is 32.1. The van der Waals surface area contributed by atoms with Gasteiger partial charge in [0.1, 0.15) is 0 Å². The Bertz CT molecular complexity index is 260. The summed E-state index contributed by atoms with van der Waals surface area (Å²) in [5.41, 5.74) is 0.965. The van der Waals surface area contributed by atoms with E-state index in [1.807, 2.05) is 19.1 Å². The van der Waals surface area contributed by atoms with Crippen LogP contribution in [0.15, 0.2) is 24.5 Å². The Balaban J connectivity index is 2.88. The third-order valence-corrected chi connectivity index (χ3v) is 2.09. The molecule has 1 heterocycles. The summed E-state index contributed by atoms with van der Waals surface area (Å²) >= 11 is 4.62. The fraction of sp³-hybridized carbons (Fsp3) is 0.333. The van der Waals surface area contributed by atoms with E-state index in [-0.39, 0.29) is 11.0 Å². The highest BCUT2D eigenvalue weighted by Gasteiger charge is 2.08. The Morgan fingerprint density at radius 2 is 2.17 bits per heavy atom. The highest BCUT2D eigenvalue weighted by Crippen LogP contribution is 2.18. The van der Waals surface area contributed by atoms with Crippen LogP contribution in [-0.2, 0) is 17.4 Å². The van der Waals surface area contributed by atoms with Gasteiger partial charge in [0.2, 0.25) is 0 Å². The third-order valence-electron chi connectivity index (χ3n) is 1.80. The Hall–Kier alpha value is -0.960. The number of aromatic nitrogens is 1. The summed E-state index contributed by atoms with van der Waals surface area (Å²) in [5.74, 6) is -0.136. The second-order valence-corrected chi connectivity index (χ2v) is 2.96. The van der Waals surface area contributed by atoms with Gasteiger partial charge in [-0.05, 0) is 24.1 Å². The average Bonchev–Trinajstić information content (AvgIpc) is 2.07. The first kappa shape index (κ1) is 9.13. The molecule has 3 heteroatoms. The van der Waals surface area contributed by atoms with Crippen LogP contribution in [0.4, 0.5) is 0 Å². The van der Waals surface area contributed by atoms with Gasteiger partial charge in [0.25, 0.3) is 0 Å². The molecule has 64 valence electrons. The van der Waals surface area contributed by atoms with Crippen LogP contribution < -0.4 is 0 Å². The monoisotopic (exact) mass is 180 g/mol. The molecule has 2 nitrogen and oxygen atoms in total. The molecule has 0 spiro atoms. The van der Waals surface area contributed by atoms with Crippen molar-refractivity contribution < 1.29 is 4.79 Å². The van der Waals surface area contributed by atoms with E-state index in [0.717, 1.165) is 12.0 Å². The van der Waals surface area contributed by atoms with Crippen LogP contribution in [0.25, 0.3) is 0 Å². The van der Waals surface area contributed by atoms with Gasteiger partial charge < -0.3 is 17.4 Å². The standard InChI is InChI=1S/C9H11NOS/c1-2-8(9(11)12)7-3-5-10-6-4-7/h3-6,8H,2H2,1H3,(H,11,12)/p-1. The maximum Gasteiger partial charge on any atom is 0.0270 e. The Kier molecular flexibility index (Phi) is 3.17. The molecular weight excluding hydrogens is 170 g/mol. The summed E-state index contributed by atoms with van der Waals surface area (Å²) in [6, 6.07) is 3.66. The predicted octanol–water partition coefficient (Wildman–Crippen LogP) is 1.65. The van der Waals surface area contributed by atoms with E-state index in [0.29, 0.717) is 0 Å². The van der Waals surface area contributed by atoms with Gasteiger partial charge >= 0.3 is 0 Å². The normalized spacial score (nSPS) is 12.4. The van der Waals surface area contributed by atoms with Crippen molar-refractivity contribution in [2.75, 3.05) is 0 Å². The van der Waals surface area contributed by atoms with Crippen molar-refractivity contribution in [3.8, 4) is 0 Å². The zero-order valence-electron chi connectivity index (χ0n) is 6.86. The molecule has 0 saturated carbocycles. The van der Waals surface area contributed by atoms with Gasteiger partial charge in [0.15, 0.2) is 0 Å². The number of hydrogen-bond donors (Lipinski definition) is 0. The molecule has 0 N–H and O–H groups in total. The summed E-state index contributed by atoms with van der Waals surface area (Å²) in [4.78, 5) is 14.8. The highest BCUT2D eigenvalue weighted by molar-refractivity contribution is 7.77. The van der Waals surface area contributed by atoms with Crippen LogP contribution in [0.5, 0.6) is 0 Å². The first-order valence-corrected chi connectivity index (χ1v) is 4.27. The van der Waals surface area contributed by atoms with E-state index in [4.69, 9.17) is 0 Å². The van der Waals surface area contributed by atoms with Crippen LogP contribution >= 0.6 is 0 Å². The van der Waals surface area contributed by atoms with Gasteiger partial charge in [0.05, 0.1) is 0 Å². The van der Waals surface area contributed by atoms with Crippen molar-refractivity contribution >= 4 is 17.7 Å². The molecule has 0 aliphatic rings. The van der Waals surface area contributed by atoms with Crippen molar-refractivity contribution in [2.45, 2.75) is 19.3 Å². The fourth-order valence-electron chi connectivity index (χ4n) is 1.13. The first-order chi connectivity index (χ1) is 5.75. The SMILES string of the molecule is CCC(C(=O)[S-])c1ccncc1. The molecule has 12 heavy (non-hydrogen) atoms. The number of carbonyl (C=O) groups is 1. The van der Waals surface area contributed by atoms with E-state index >= 15 is 0 Å². The third kappa shape index (κ3) is 2.01. The number of carbonyl (C=O) groups excluding carboxylic acids is 1. The van der Waals surface area contributed by atoms with Crippen molar-refractivity contribution in [3.63, 3.8) is 0 Å². The zero-order chi connectivity index (χ0) is 8.97. The summed E-state index contributed by atoms with van der Waals surface area (Å²) in [6.07, 6.45) is 4.11. The van der Waals surface area contributed by atoms with Crippen molar-refractivity contribution in [1.29, 1.82) is 0 Å². The lowest BCUT2D eigenvalue weighted by Crippen LogP contribution is -2.07. The minimum Gasteiger partial charge on any atom is -0.741 e. The molecule has 1 atom stereocenters. The predicted molar refractivity (Wildman–Crippen MR) is 49.6 cm³/mol. The lowest BCUT2D eigenvalue weighted by molar-refractivity contribution is -0.112. The first-order valence-electron chi connectivity index (χ1n) is 3.86. The molecule has 1 aromatic rings. The van der Waals surface area contributed by atoms with E-state index in [2.05, 4.69) is 17.6 Å². The molecule has 0 aliphatic heterocycles. The summed E-state index contributed by atoms with van der Waals surface area (Å²) in [7, 11) is 0. The van der Waals surface area contributed by atoms with Crippen LogP contribution in [0.1, 0.15) is 24.8 Å². The Morgan fingerprint density at radius 3 is 2.58 bits per heavy atom. The molecule has 0 bridgehead atoms. The molecule has 0 fully saturated rings. The smallest absolute Gasteiger partial charge is 0.0270 e. The average molecular weight is 180 g/mol. The van der Waals surface area contributed by atoms with Gasteiger partial charge in [-0.1, -0.05) is 6.92 Å². The Labute approximate surface area is 77.4 Å². The van der Waals surface area contributed by atoms with Crippen LogP contribution in [-0.4, -0.2) is 10.1 Å². The molecule has 0 aliphatic carbocycles. The van der Waals surface area contributed by atoms with Crippen molar-refractivity contribution in [3.05, 3.63) is 30.1 Å². The van der Waals surface area contributed by atoms with E-state index in [9.17, 15) is 4.79 Å². The van der Waals surface area contributed by atoms with Gasteiger partial charge in [0, 0.05) is 23.4 Å². The second kappa shape index (κ2) is 4.16. The molecule has 0 amide bonds. The molecule has 0 saturated heterocycles. The zero-order valence-corrected chi connectivity index (χ0v) is 7.67. The largest absolute Gasteiger partial charge is 0.741 e. The lowest BCUT2D eigenvalue weighted by Gasteiger charge is -2.16. The van der Waals surface area contributed by atoms with Gasteiger partial charge in [-0.3, -0.25) is 4.98 Å². The number of nitrogens with zero attached hydrogens (tertiary/aromatic N) is 1.